The van der Waals surface area contributed by atoms with Gasteiger partial charge < -0.3 is 15.8 Å². The van der Waals surface area contributed by atoms with Crippen LogP contribution in [0, 0.1) is 11.7 Å². The van der Waals surface area contributed by atoms with E-state index >= 15 is 0 Å². The molecular formula is C19H18FN3O2S. The van der Waals surface area contributed by atoms with E-state index in [2.05, 4.69) is 5.32 Å². The van der Waals surface area contributed by atoms with Crippen LogP contribution in [0.1, 0.15) is 15.9 Å². The van der Waals surface area contributed by atoms with E-state index in [-0.39, 0.29) is 24.2 Å². The molecule has 1 saturated heterocycles. The van der Waals surface area contributed by atoms with Crippen LogP contribution in [0.2, 0.25) is 0 Å². The first-order chi connectivity index (χ1) is 12.6. The monoisotopic (exact) mass is 371 g/mol. The number of aliphatic imine (C=N–C) groups is 1. The second-order valence-electron chi connectivity index (χ2n) is 6.42. The highest BCUT2D eigenvalue weighted by molar-refractivity contribution is 8.13. The van der Waals surface area contributed by atoms with Crippen LogP contribution in [0.15, 0.2) is 53.5 Å². The van der Waals surface area contributed by atoms with Gasteiger partial charge in [-0.1, -0.05) is 30.0 Å². The molecule has 0 spiro atoms. The molecule has 2 aliphatic rings. The normalized spacial score (nSPS) is 24.7. The molecule has 0 radical (unpaired) electrons. The second kappa shape index (κ2) is 6.74. The smallest absolute Gasteiger partial charge is 0.257 e. The number of nitrogens with zero attached hydrogens (tertiary/aromatic N) is 1. The zero-order chi connectivity index (χ0) is 18.1. The van der Waals surface area contributed by atoms with Gasteiger partial charge in [0.15, 0.2) is 5.17 Å². The van der Waals surface area contributed by atoms with E-state index < -0.39 is 5.54 Å². The molecule has 7 heteroatoms. The molecule has 0 saturated carbocycles. The van der Waals surface area contributed by atoms with E-state index in [0.29, 0.717) is 34.3 Å². The number of nitrogen functional groups attached to an aromatic ring is 1. The fraction of sp³-hybridized carbons (Fsp3) is 0.263. The topological polar surface area (TPSA) is 76.7 Å². The number of amides is 1. The largest absolute Gasteiger partial charge is 0.399 e. The van der Waals surface area contributed by atoms with Gasteiger partial charge in [-0.05, 0) is 30.3 Å². The van der Waals surface area contributed by atoms with Crippen molar-refractivity contribution in [2.45, 2.75) is 5.54 Å². The van der Waals surface area contributed by atoms with Gasteiger partial charge >= 0.3 is 0 Å². The molecule has 3 N–H and O–H groups in total. The number of amidine groups is 1. The summed E-state index contributed by atoms with van der Waals surface area (Å²) in [7, 11) is 0. The van der Waals surface area contributed by atoms with Crippen molar-refractivity contribution in [3.05, 3.63) is 65.5 Å². The summed E-state index contributed by atoms with van der Waals surface area (Å²) in [5, 5.41) is 3.32. The average molecular weight is 371 g/mol. The lowest BCUT2D eigenvalue weighted by atomic mass is 9.81. The third-order valence-corrected chi connectivity index (χ3v) is 5.79. The van der Waals surface area contributed by atoms with E-state index in [4.69, 9.17) is 15.5 Å². The van der Waals surface area contributed by atoms with Gasteiger partial charge in [-0.3, -0.25) is 4.79 Å². The molecule has 2 aromatic rings. The van der Waals surface area contributed by atoms with Crippen molar-refractivity contribution in [2.75, 3.05) is 24.7 Å². The van der Waals surface area contributed by atoms with E-state index in [1.165, 1.54) is 23.9 Å². The molecule has 0 bridgehead atoms. The number of carbonyl (C=O) groups is 1. The number of halogens is 1. The number of rotatable bonds is 2. The number of carbonyl (C=O) groups excluding carboxylic acids is 1. The van der Waals surface area contributed by atoms with Gasteiger partial charge in [-0.15, -0.1) is 0 Å². The first-order valence-electron chi connectivity index (χ1n) is 8.31. The van der Waals surface area contributed by atoms with Crippen LogP contribution in [0.3, 0.4) is 0 Å². The first-order valence-corrected chi connectivity index (χ1v) is 9.29. The van der Waals surface area contributed by atoms with Gasteiger partial charge in [0.05, 0.1) is 13.2 Å². The minimum absolute atomic E-state index is 0.0289. The van der Waals surface area contributed by atoms with Crippen molar-refractivity contribution in [1.82, 2.24) is 5.32 Å². The number of ether oxygens (including phenoxy) is 1. The maximum atomic E-state index is 14.6. The summed E-state index contributed by atoms with van der Waals surface area (Å²) < 4.78 is 20.2. The Bertz CT molecular complexity index is 874. The summed E-state index contributed by atoms with van der Waals surface area (Å²) in [5.41, 5.74) is 6.46. The summed E-state index contributed by atoms with van der Waals surface area (Å²) >= 11 is 1.45. The Hall–Kier alpha value is -2.38. The lowest BCUT2D eigenvalue weighted by molar-refractivity contribution is 0.0977. The second-order valence-corrected chi connectivity index (χ2v) is 7.43. The van der Waals surface area contributed by atoms with Crippen LogP contribution in [0.5, 0.6) is 0 Å². The molecule has 5 nitrogen and oxygen atoms in total. The van der Waals surface area contributed by atoms with Gasteiger partial charge in [0.25, 0.3) is 5.91 Å². The fourth-order valence-electron chi connectivity index (χ4n) is 3.37. The summed E-state index contributed by atoms with van der Waals surface area (Å²) in [6, 6.07) is 13.4. The van der Waals surface area contributed by atoms with Gasteiger partial charge in [0.2, 0.25) is 0 Å². The number of hydrogen-bond acceptors (Lipinski definition) is 5. The third kappa shape index (κ3) is 2.97. The van der Waals surface area contributed by atoms with Crippen molar-refractivity contribution in [1.29, 1.82) is 0 Å². The number of hydrogen-bond donors (Lipinski definition) is 2. The summed E-state index contributed by atoms with van der Waals surface area (Å²) in [5.74, 6) is 0.111. The first kappa shape index (κ1) is 17.1. The Labute approximate surface area is 154 Å². The molecule has 4 rings (SSSR count). The van der Waals surface area contributed by atoms with E-state index in [1.54, 1.807) is 30.3 Å². The molecule has 2 atom stereocenters. The predicted octanol–water partition coefficient (Wildman–Crippen LogP) is 2.78. The Kier molecular flexibility index (Phi) is 4.42. The Morgan fingerprint density at radius 2 is 2.12 bits per heavy atom. The van der Waals surface area contributed by atoms with Crippen molar-refractivity contribution in [2.24, 2.45) is 10.9 Å². The minimum atomic E-state index is -0.857. The summed E-state index contributed by atoms with van der Waals surface area (Å²) in [6.07, 6.45) is 0. The number of nitrogens with one attached hydrogen (secondary N) is 1. The van der Waals surface area contributed by atoms with Gasteiger partial charge in [0.1, 0.15) is 11.4 Å². The quantitative estimate of drug-likeness (QED) is 0.796. The molecule has 2 aliphatic heterocycles. The van der Waals surface area contributed by atoms with Crippen LogP contribution in [0.25, 0.3) is 0 Å². The molecule has 1 amide bonds. The lowest BCUT2D eigenvalue weighted by Crippen LogP contribution is -2.42. The highest BCUT2D eigenvalue weighted by Crippen LogP contribution is 2.45. The van der Waals surface area contributed by atoms with Gasteiger partial charge in [0, 0.05) is 28.5 Å². The maximum Gasteiger partial charge on any atom is 0.257 e. The zero-order valence-electron chi connectivity index (χ0n) is 13.9. The Morgan fingerprint density at radius 1 is 1.31 bits per heavy atom. The number of benzene rings is 2. The minimum Gasteiger partial charge on any atom is -0.399 e. The maximum absolute atomic E-state index is 14.6. The number of thioether (sulfide) groups is 1. The van der Waals surface area contributed by atoms with Crippen molar-refractivity contribution in [3.8, 4) is 0 Å². The Morgan fingerprint density at radius 3 is 2.92 bits per heavy atom. The van der Waals surface area contributed by atoms with Crippen molar-refractivity contribution in [3.63, 3.8) is 0 Å². The number of anilines is 1. The zero-order valence-corrected chi connectivity index (χ0v) is 14.8. The highest BCUT2D eigenvalue weighted by Gasteiger charge is 2.49. The predicted molar refractivity (Wildman–Crippen MR) is 101 cm³/mol. The molecule has 2 unspecified atom stereocenters. The van der Waals surface area contributed by atoms with Gasteiger partial charge in [-0.25, -0.2) is 9.38 Å². The van der Waals surface area contributed by atoms with Crippen LogP contribution < -0.4 is 11.1 Å². The molecule has 0 aromatic heterocycles. The Balaban J connectivity index is 1.69. The van der Waals surface area contributed by atoms with Crippen molar-refractivity contribution < 1.29 is 13.9 Å². The average Bonchev–Trinajstić information content (AvgIpc) is 3.08. The summed E-state index contributed by atoms with van der Waals surface area (Å²) in [6.45, 7) is 0.772. The van der Waals surface area contributed by atoms with E-state index in [0.717, 1.165) is 0 Å². The third-order valence-electron chi connectivity index (χ3n) is 4.75. The molecule has 1 fully saturated rings. The van der Waals surface area contributed by atoms with Crippen LogP contribution in [0.4, 0.5) is 10.1 Å². The van der Waals surface area contributed by atoms with Gasteiger partial charge in [-0.2, -0.15) is 0 Å². The molecular weight excluding hydrogens is 353 g/mol. The molecule has 134 valence electrons. The van der Waals surface area contributed by atoms with Crippen LogP contribution in [-0.4, -0.2) is 30.0 Å². The van der Waals surface area contributed by atoms with Crippen LogP contribution in [-0.2, 0) is 10.3 Å². The molecule has 2 heterocycles. The van der Waals surface area contributed by atoms with Crippen LogP contribution >= 0.6 is 11.8 Å². The fourth-order valence-corrected chi connectivity index (χ4v) is 4.49. The number of fused-ring (bicyclic) bond motifs is 1. The van der Waals surface area contributed by atoms with Crippen molar-refractivity contribution >= 4 is 28.5 Å². The standard InChI is InChI=1S/C19H18FN3O2S/c20-16-7-6-14(21)8-15(16)19-11-25-9-13(19)10-26-18(23-19)22-17(24)12-4-2-1-3-5-12/h1-8,13H,9-11,21H2,(H,22,23,24). The molecule has 0 aliphatic carbocycles. The molecule has 26 heavy (non-hydrogen) atoms. The summed E-state index contributed by atoms with van der Waals surface area (Å²) in [4.78, 5) is 17.2. The van der Waals surface area contributed by atoms with E-state index in [1.807, 2.05) is 6.07 Å². The SMILES string of the molecule is Nc1ccc(F)c(C23COCC2CSC(NC(=O)c2ccccc2)=N3)c1. The number of nitrogens with two attached hydrogens (primary N) is 1. The highest BCUT2D eigenvalue weighted by atomic mass is 32.2. The lowest BCUT2D eigenvalue weighted by Gasteiger charge is -2.35. The van der Waals surface area contributed by atoms with E-state index in [9.17, 15) is 9.18 Å². The molecule has 2 aromatic carbocycles.